The van der Waals surface area contributed by atoms with Gasteiger partial charge in [-0.1, -0.05) is 43.7 Å². The van der Waals surface area contributed by atoms with Crippen molar-refractivity contribution >= 4 is 0 Å². The van der Waals surface area contributed by atoms with E-state index in [4.69, 9.17) is 9.63 Å². The minimum absolute atomic E-state index is 0.175. The largest absolute Gasteiger partial charge is 0.391 e. The molecule has 6 nitrogen and oxygen atoms in total. The van der Waals surface area contributed by atoms with Crippen molar-refractivity contribution in [3.05, 3.63) is 34.0 Å². The zero-order valence-electron chi connectivity index (χ0n) is 12.3. The Bertz CT molecular complexity index is 583. The maximum absolute atomic E-state index is 10.8. The summed E-state index contributed by atoms with van der Waals surface area (Å²) in [6.45, 7) is 1.55. The third-order valence-electron chi connectivity index (χ3n) is 3.55. The molecule has 0 aliphatic heterocycles. The molecule has 0 spiro atoms. The Labute approximate surface area is 123 Å². The van der Waals surface area contributed by atoms with Gasteiger partial charge >= 0.3 is 0 Å². The lowest BCUT2D eigenvalue weighted by Crippen LogP contribution is -2.04. The van der Waals surface area contributed by atoms with E-state index < -0.39 is 0 Å². The maximum atomic E-state index is 10.8. The zero-order valence-corrected chi connectivity index (χ0v) is 12.3. The molecule has 21 heavy (non-hydrogen) atoms. The van der Waals surface area contributed by atoms with Gasteiger partial charge in [-0.3, -0.25) is 4.79 Å². The molecule has 0 unspecified atom stereocenters. The van der Waals surface area contributed by atoms with Crippen molar-refractivity contribution in [3.8, 4) is 11.5 Å². The zero-order chi connectivity index (χ0) is 15.1. The first kappa shape index (κ1) is 15.4. The van der Waals surface area contributed by atoms with Gasteiger partial charge in [-0.15, -0.1) is 0 Å². The minimum atomic E-state index is -0.291. The first-order chi connectivity index (χ1) is 10.2. The highest BCUT2D eigenvalue weighted by atomic mass is 16.5. The second kappa shape index (κ2) is 7.73. The SMILES string of the molecule is C1CCCCC1.Cc1noc(-c2c[nH]c(=O)cn2)c1CO. The van der Waals surface area contributed by atoms with E-state index in [9.17, 15) is 4.79 Å². The molecule has 2 aromatic rings. The molecule has 0 aromatic carbocycles. The fraction of sp³-hybridized carbons (Fsp3) is 0.533. The van der Waals surface area contributed by atoms with E-state index in [-0.39, 0.29) is 12.2 Å². The summed E-state index contributed by atoms with van der Waals surface area (Å²) < 4.78 is 5.02. The van der Waals surface area contributed by atoms with Gasteiger partial charge in [-0.25, -0.2) is 4.98 Å². The van der Waals surface area contributed by atoms with Crippen LogP contribution < -0.4 is 5.56 Å². The summed E-state index contributed by atoms with van der Waals surface area (Å²) in [5.41, 5.74) is 1.34. The molecule has 2 aromatic heterocycles. The van der Waals surface area contributed by atoms with Crippen LogP contribution in [0.4, 0.5) is 0 Å². The van der Waals surface area contributed by atoms with Gasteiger partial charge < -0.3 is 14.6 Å². The van der Waals surface area contributed by atoms with Gasteiger partial charge in [0.05, 0.1) is 18.5 Å². The summed E-state index contributed by atoms with van der Waals surface area (Å²) in [5, 5.41) is 12.8. The van der Waals surface area contributed by atoms with Crippen LogP contribution >= 0.6 is 0 Å². The number of H-pyrrole nitrogens is 1. The molecular weight excluding hydrogens is 270 g/mol. The van der Waals surface area contributed by atoms with Gasteiger partial charge in [0.1, 0.15) is 5.69 Å². The lowest BCUT2D eigenvalue weighted by molar-refractivity contribution is 0.280. The van der Waals surface area contributed by atoms with Crippen LogP contribution in [0.2, 0.25) is 0 Å². The molecular formula is C15H21N3O3. The Kier molecular flexibility index (Phi) is 5.68. The van der Waals surface area contributed by atoms with Crippen LogP contribution in [0.5, 0.6) is 0 Å². The Morgan fingerprint density at radius 2 is 1.86 bits per heavy atom. The van der Waals surface area contributed by atoms with Crippen molar-refractivity contribution in [1.29, 1.82) is 0 Å². The molecule has 1 aliphatic carbocycles. The molecule has 0 amide bonds. The molecule has 114 valence electrons. The van der Waals surface area contributed by atoms with E-state index in [1.807, 2.05) is 0 Å². The van der Waals surface area contributed by atoms with E-state index in [1.165, 1.54) is 44.7 Å². The van der Waals surface area contributed by atoms with Crippen molar-refractivity contribution < 1.29 is 9.63 Å². The Balaban J connectivity index is 0.000000225. The first-order valence-electron chi connectivity index (χ1n) is 7.33. The lowest BCUT2D eigenvalue weighted by atomic mass is 10.0. The number of hydrogen-bond donors (Lipinski definition) is 2. The molecule has 0 saturated heterocycles. The maximum Gasteiger partial charge on any atom is 0.266 e. The second-order valence-electron chi connectivity index (χ2n) is 5.15. The molecule has 1 fully saturated rings. The average molecular weight is 291 g/mol. The smallest absolute Gasteiger partial charge is 0.266 e. The van der Waals surface area contributed by atoms with E-state index in [0.717, 1.165) is 6.20 Å². The highest BCUT2D eigenvalue weighted by Crippen LogP contribution is 2.23. The second-order valence-corrected chi connectivity index (χ2v) is 5.15. The summed E-state index contributed by atoms with van der Waals surface area (Å²) in [7, 11) is 0. The van der Waals surface area contributed by atoms with E-state index in [0.29, 0.717) is 22.7 Å². The average Bonchev–Trinajstić information content (AvgIpc) is 2.91. The Morgan fingerprint density at radius 3 is 2.33 bits per heavy atom. The molecule has 1 aliphatic rings. The van der Waals surface area contributed by atoms with E-state index >= 15 is 0 Å². The van der Waals surface area contributed by atoms with Gasteiger partial charge in [0, 0.05) is 11.8 Å². The van der Waals surface area contributed by atoms with E-state index in [1.54, 1.807) is 6.92 Å². The molecule has 0 atom stereocenters. The number of nitrogens with zero attached hydrogens (tertiary/aromatic N) is 2. The fourth-order valence-electron chi connectivity index (χ4n) is 2.30. The van der Waals surface area contributed by atoms with Gasteiger partial charge in [0.25, 0.3) is 5.56 Å². The van der Waals surface area contributed by atoms with Gasteiger partial charge in [-0.05, 0) is 6.92 Å². The third-order valence-corrected chi connectivity index (χ3v) is 3.55. The summed E-state index contributed by atoms with van der Waals surface area (Å²) in [4.78, 5) is 17.2. The predicted octanol–water partition coefficient (Wildman–Crippen LogP) is 2.57. The summed E-state index contributed by atoms with van der Waals surface area (Å²) in [6.07, 6.45) is 11.6. The van der Waals surface area contributed by atoms with Gasteiger partial charge in [-0.2, -0.15) is 0 Å². The number of aromatic nitrogens is 3. The van der Waals surface area contributed by atoms with Crippen molar-refractivity contribution in [1.82, 2.24) is 15.1 Å². The third kappa shape index (κ3) is 4.26. The normalized spacial score (nSPS) is 14.4. The highest BCUT2D eigenvalue weighted by Gasteiger charge is 2.14. The van der Waals surface area contributed by atoms with Crippen molar-refractivity contribution in [2.24, 2.45) is 0 Å². The van der Waals surface area contributed by atoms with Crippen LogP contribution in [0, 0.1) is 6.92 Å². The van der Waals surface area contributed by atoms with E-state index in [2.05, 4.69) is 15.1 Å². The monoisotopic (exact) mass is 291 g/mol. The number of rotatable bonds is 2. The van der Waals surface area contributed by atoms with Gasteiger partial charge in [0.15, 0.2) is 5.76 Å². The molecule has 0 bridgehead atoms. The van der Waals surface area contributed by atoms with Gasteiger partial charge in [0.2, 0.25) is 0 Å². The minimum Gasteiger partial charge on any atom is -0.391 e. The van der Waals surface area contributed by atoms with Crippen LogP contribution in [-0.2, 0) is 6.61 Å². The van der Waals surface area contributed by atoms with Crippen LogP contribution in [0.3, 0.4) is 0 Å². The topological polar surface area (TPSA) is 92.0 Å². The Morgan fingerprint density at radius 1 is 1.24 bits per heavy atom. The summed E-state index contributed by atoms with van der Waals surface area (Å²) >= 11 is 0. The lowest BCUT2D eigenvalue weighted by Gasteiger charge is -2.05. The summed E-state index contributed by atoms with van der Waals surface area (Å²) in [6, 6.07) is 0. The van der Waals surface area contributed by atoms with Crippen molar-refractivity contribution in [3.63, 3.8) is 0 Å². The number of nitrogens with one attached hydrogen (secondary N) is 1. The van der Waals surface area contributed by atoms with Crippen molar-refractivity contribution in [2.45, 2.75) is 52.1 Å². The number of aryl methyl sites for hydroxylation is 1. The van der Waals surface area contributed by atoms with Crippen LogP contribution in [0.1, 0.15) is 49.8 Å². The predicted molar refractivity (Wildman–Crippen MR) is 78.7 cm³/mol. The number of aromatic amines is 1. The summed E-state index contributed by atoms with van der Waals surface area (Å²) in [5.74, 6) is 0.381. The van der Waals surface area contributed by atoms with Crippen LogP contribution in [0.15, 0.2) is 21.7 Å². The number of hydrogen-bond acceptors (Lipinski definition) is 5. The Hall–Kier alpha value is -1.95. The molecule has 2 heterocycles. The highest BCUT2D eigenvalue weighted by molar-refractivity contribution is 5.55. The number of aliphatic hydroxyl groups is 1. The standard InChI is InChI=1S/C9H9N3O3.C6H12/c1-5-6(4-13)9(15-12-5)7-2-11-8(14)3-10-7;1-2-4-6-5-3-1/h2-3,13H,4H2,1H3,(H,11,14);1-6H2. The van der Waals surface area contributed by atoms with Crippen LogP contribution in [-0.4, -0.2) is 20.2 Å². The van der Waals surface area contributed by atoms with Crippen molar-refractivity contribution in [2.75, 3.05) is 0 Å². The molecule has 2 N–H and O–H groups in total. The fourth-order valence-corrected chi connectivity index (χ4v) is 2.30. The van der Waals surface area contributed by atoms with Crippen LogP contribution in [0.25, 0.3) is 11.5 Å². The first-order valence-corrected chi connectivity index (χ1v) is 7.33. The number of aliphatic hydroxyl groups excluding tert-OH is 1. The molecule has 6 heteroatoms. The molecule has 3 rings (SSSR count). The molecule has 0 radical (unpaired) electrons. The quantitative estimate of drug-likeness (QED) is 0.887. The molecule has 1 saturated carbocycles.